The zero-order valence-corrected chi connectivity index (χ0v) is 17.2. The second-order valence-electron chi connectivity index (χ2n) is 9.92. The van der Waals surface area contributed by atoms with Crippen LogP contribution in [0.3, 0.4) is 0 Å². The Balaban J connectivity index is 2.42. The van der Waals surface area contributed by atoms with Gasteiger partial charge in [-0.15, -0.1) is 0 Å². The van der Waals surface area contributed by atoms with Gasteiger partial charge in [-0.2, -0.15) is 0 Å². The van der Waals surface area contributed by atoms with Crippen LogP contribution < -0.4 is 0 Å². The Kier molecular flexibility index (Phi) is 4.92. The molecule has 0 aromatic heterocycles. The van der Waals surface area contributed by atoms with E-state index in [9.17, 15) is 0 Å². The lowest BCUT2D eigenvalue weighted by atomic mass is 9.77. The first-order valence-corrected chi connectivity index (χ1v) is 9.35. The van der Waals surface area contributed by atoms with E-state index in [-0.39, 0.29) is 10.8 Å². The standard InChI is InChI=1S/C24H36/c1-10-17(2)11-12-18-16-24(18,9)21-14-19(22(3,4)5)13-20(15-21)23(6,7)8/h10-15,18H,16H2,1-9H3/b12-11?,17-10+/t18?,24-/m0/s1. The molecule has 132 valence electrons. The second-order valence-corrected chi connectivity index (χ2v) is 9.92. The maximum atomic E-state index is 2.46. The Morgan fingerprint density at radius 2 is 1.50 bits per heavy atom. The minimum Gasteiger partial charge on any atom is -0.0847 e. The number of hydrogen-bond donors (Lipinski definition) is 0. The van der Waals surface area contributed by atoms with Crippen LogP contribution in [0.4, 0.5) is 0 Å². The third kappa shape index (κ3) is 4.02. The van der Waals surface area contributed by atoms with Crippen LogP contribution in [0.5, 0.6) is 0 Å². The van der Waals surface area contributed by atoms with Crippen molar-refractivity contribution in [3.8, 4) is 0 Å². The highest BCUT2D eigenvalue weighted by atomic mass is 14.5. The first-order chi connectivity index (χ1) is 10.9. The molecule has 0 nitrogen and oxygen atoms in total. The van der Waals surface area contributed by atoms with Gasteiger partial charge < -0.3 is 0 Å². The molecule has 1 unspecified atom stereocenters. The van der Waals surface area contributed by atoms with Gasteiger partial charge in [-0.3, -0.25) is 0 Å². The van der Waals surface area contributed by atoms with Crippen LogP contribution in [0.25, 0.3) is 0 Å². The van der Waals surface area contributed by atoms with Gasteiger partial charge in [-0.1, -0.05) is 90.5 Å². The molecule has 0 bridgehead atoms. The van der Waals surface area contributed by atoms with Crippen LogP contribution >= 0.6 is 0 Å². The topological polar surface area (TPSA) is 0 Å². The summed E-state index contributed by atoms with van der Waals surface area (Å²) >= 11 is 0. The fourth-order valence-electron chi connectivity index (χ4n) is 3.20. The molecule has 0 heteroatoms. The Hall–Kier alpha value is -1.30. The molecule has 1 aliphatic rings. The van der Waals surface area contributed by atoms with Crippen molar-refractivity contribution in [1.82, 2.24) is 0 Å². The lowest BCUT2D eigenvalue weighted by Crippen LogP contribution is -2.18. The molecule has 0 heterocycles. The molecular weight excluding hydrogens is 288 g/mol. The molecule has 0 radical (unpaired) electrons. The highest BCUT2D eigenvalue weighted by Crippen LogP contribution is 2.55. The largest absolute Gasteiger partial charge is 0.0847 e. The maximum absolute atomic E-state index is 2.46. The minimum absolute atomic E-state index is 0.189. The fourth-order valence-corrected chi connectivity index (χ4v) is 3.20. The summed E-state index contributed by atoms with van der Waals surface area (Å²) in [5, 5.41) is 0. The van der Waals surface area contributed by atoms with Crippen molar-refractivity contribution in [3.05, 3.63) is 58.7 Å². The van der Waals surface area contributed by atoms with E-state index in [0.29, 0.717) is 11.3 Å². The molecular formula is C24H36. The molecule has 1 aromatic rings. The Bertz CT molecular complexity index is 626. The Labute approximate surface area is 150 Å². The quantitative estimate of drug-likeness (QED) is 0.521. The molecule has 24 heavy (non-hydrogen) atoms. The summed E-state index contributed by atoms with van der Waals surface area (Å²) in [5.41, 5.74) is 6.47. The van der Waals surface area contributed by atoms with Crippen molar-refractivity contribution in [2.45, 2.75) is 85.0 Å². The van der Waals surface area contributed by atoms with E-state index < -0.39 is 0 Å². The number of benzene rings is 1. The summed E-state index contributed by atoms with van der Waals surface area (Å²) in [5.74, 6) is 0.662. The summed E-state index contributed by atoms with van der Waals surface area (Å²) in [7, 11) is 0. The van der Waals surface area contributed by atoms with Gasteiger partial charge in [0.25, 0.3) is 0 Å². The van der Waals surface area contributed by atoms with E-state index in [0.717, 1.165) is 0 Å². The van der Waals surface area contributed by atoms with Gasteiger partial charge in [-0.05, 0) is 59.1 Å². The Morgan fingerprint density at radius 3 is 1.92 bits per heavy atom. The van der Waals surface area contributed by atoms with Crippen molar-refractivity contribution in [2.24, 2.45) is 5.92 Å². The molecule has 1 fully saturated rings. The fraction of sp³-hybridized carbons (Fsp3) is 0.583. The predicted molar refractivity (Wildman–Crippen MR) is 108 cm³/mol. The first-order valence-electron chi connectivity index (χ1n) is 9.35. The number of hydrogen-bond acceptors (Lipinski definition) is 0. The van der Waals surface area contributed by atoms with Gasteiger partial charge in [0.1, 0.15) is 0 Å². The van der Waals surface area contributed by atoms with Crippen molar-refractivity contribution < 1.29 is 0 Å². The van der Waals surface area contributed by atoms with E-state index in [1.165, 1.54) is 28.7 Å². The minimum atomic E-state index is 0.189. The van der Waals surface area contributed by atoms with Crippen LogP contribution in [0, 0.1) is 5.92 Å². The van der Waals surface area contributed by atoms with E-state index in [1.807, 2.05) is 0 Å². The van der Waals surface area contributed by atoms with Crippen LogP contribution in [-0.4, -0.2) is 0 Å². The van der Waals surface area contributed by atoms with Gasteiger partial charge in [0, 0.05) is 0 Å². The van der Waals surface area contributed by atoms with Crippen molar-refractivity contribution in [2.75, 3.05) is 0 Å². The van der Waals surface area contributed by atoms with Crippen molar-refractivity contribution in [3.63, 3.8) is 0 Å². The van der Waals surface area contributed by atoms with Crippen LogP contribution in [0.1, 0.15) is 85.4 Å². The van der Waals surface area contributed by atoms with E-state index >= 15 is 0 Å². The molecule has 0 spiro atoms. The predicted octanol–water partition coefficient (Wildman–Crippen LogP) is 7.08. The average molecular weight is 325 g/mol. The summed E-state index contributed by atoms with van der Waals surface area (Å²) in [6.45, 7) is 20.6. The number of allylic oxidation sites excluding steroid dienone is 4. The summed E-state index contributed by atoms with van der Waals surface area (Å²) < 4.78 is 0. The van der Waals surface area contributed by atoms with E-state index in [1.54, 1.807) is 0 Å². The lowest BCUT2D eigenvalue weighted by molar-refractivity contribution is 0.563. The molecule has 2 atom stereocenters. The normalized spacial score (nSPS) is 25.4. The molecule has 2 rings (SSSR count). The Morgan fingerprint density at radius 1 is 1.00 bits per heavy atom. The zero-order valence-electron chi connectivity index (χ0n) is 17.2. The maximum Gasteiger partial charge on any atom is -0.000601 e. The molecule has 0 aliphatic heterocycles. The van der Waals surface area contributed by atoms with Gasteiger partial charge >= 0.3 is 0 Å². The van der Waals surface area contributed by atoms with E-state index in [4.69, 9.17) is 0 Å². The van der Waals surface area contributed by atoms with Crippen LogP contribution in [0.15, 0.2) is 42.0 Å². The lowest BCUT2D eigenvalue weighted by Gasteiger charge is -2.27. The summed E-state index contributed by atoms with van der Waals surface area (Å²) in [4.78, 5) is 0. The molecule has 0 saturated heterocycles. The monoisotopic (exact) mass is 324 g/mol. The van der Waals surface area contributed by atoms with Gasteiger partial charge in [-0.25, -0.2) is 0 Å². The first kappa shape index (κ1) is 19.0. The number of rotatable bonds is 3. The van der Waals surface area contributed by atoms with Crippen LogP contribution in [-0.2, 0) is 16.2 Å². The molecule has 1 aliphatic carbocycles. The highest BCUT2D eigenvalue weighted by molar-refractivity contribution is 5.44. The van der Waals surface area contributed by atoms with Gasteiger partial charge in [0.05, 0.1) is 0 Å². The molecule has 1 saturated carbocycles. The van der Waals surface area contributed by atoms with Gasteiger partial charge in [0.15, 0.2) is 0 Å². The third-order valence-corrected chi connectivity index (χ3v) is 5.67. The van der Waals surface area contributed by atoms with Crippen LogP contribution in [0.2, 0.25) is 0 Å². The molecule has 0 N–H and O–H groups in total. The summed E-state index contributed by atoms with van der Waals surface area (Å²) in [6.07, 6.45) is 8.13. The third-order valence-electron chi connectivity index (χ3n) is 5.67. The molecule has 0 amide bonds. The van der Waals surface area contributed by atoms with Crippen molar-refractivity contribution >= 4 is 0 Å². The van der Waals surface area contributed by atoms with Crippen molar-refractivity contribution in [1.29, 1.82) is 0 Å². The SMILES string of the molecule is C/C=C(\C)C=CC1C[C@]1(C)c1cc(C(C)(C)C)cc(C(C)(C)C)c1. The van der Waals surface area contributed by atoms with Gasteiger partial charge in [0.2, 0.25) is 0 Å². The average Bonchev–Trinajstić information content (AvgIpc) is 3.14. The summed E-state index contributed by atoms with van der Waals surface area (Å²) in [6, 6.07) is 7.35. The second kappa shape index (κ2) is 6.21. The zero-order chi connectivity index (χ0) is 18.3. The molecule has 1 aromatic carbocycles. The highest BCUT2D eigenvalue weighted by Gasteiger charge is 2.49. The van der Waals surface area contributed by atoms with E-state index in [2.05, 4.69) is 98.7 Å². The smallest absolute Gasteiger partial charge is 0.000601 e.